The first-order valence-electron chi connectivity index (χ1n) is 4.96. The van der Waals surface area contributed by atoms with Crippen molar-refractivity contribution in [2.24, 2.45) is 5.41 Å². The van der Waals surface area contributed by atoms with Crippen molar-refractivity contribution < 1.29 is 0 Å². The number of rotatable bonds is 2. The Balaban J connectivity index is 2.36. The van der Waals surface area contributed by atoms with Crippen LogP contribution in [0.25, 0.3) is 0 Å². The highest BCUT2D eigenvalue weighted by molar-refractivity contribution is 9.10. The number of halogens is 1. The maximum absolute atomic E-state index is 5.98. The molecule has 1 fully saturated rings. The highest BCUT2D eigenvalue weighted by Gasteiger charge is 2.44. The molecule has 4 heteroatoms. The maximum atomic E-state index is 5.98. The summed E-state index contributed by atoms with van der Waals surface area (Å²) in [5, 5.41) is 4.46. The van der Waals surface area contributed by atoms with E-state index in [4.69, 9.17) is 5.73 Å². The molecule has 0 aliphatic heterocycles. The zero-order valence-electron chi connectivity index (χ0n) is 8.84. The van der Waals surface area contributed by atoms with Crippen LogP contribution < -0.4 is 5.73 Å². The van der Waals surface area contributed by atoms with Crippen LogP contribution in [0.1, 0.15) is 38.4 Å². The molecule has 0 bridgehead atoms. The number of aromatic nitrogens is 2. The second-order valence-corrected chi connectivity index (χ2v) is 5.35. The lowest BCUT2D eigenvalue weighted by atomic mass is 10.0. The first-order chi connectivity index (χ1) is 6.46. The highest BCUT2D eigenvalue weighted by atomic mass is 79.9. The number of aryl methyl sites for hydroxylation is 1. The minimum atomic E-state index is 0.396. The Labute approximate surface area is 92.8 Å². The van der Waals surface area contributed by atoms with Crippen molar-refractivity contribution in [2.75, 3.05) is 5.73 Å². The molecule has 1 saturated carbocycles. The van der Waals surface area contributed by atoms with Crippen molar-refractivity contribution in [3.63, 3.8) is 0 Å². The van der Waals surface area contributed by atoms with E-state index in [0.29, 0.717) is 11.5 Å². The standard InChI is InChI=1S/C10H16BrN3/c1-6-8(11)9(12)14(13-6)7(2)10(3)4-5-10/h7H,4-5,12H2,1-3H3. The average Bonchev–Trinajstić information content (AvgIpc) is 2.85. The minimum absolute atomic E-state index is 0.396. The van der Waals surface area contributed by atoms with Crippen LogP contribution in [0.4, 0.5) is 5.82 Å². The molecule has 1 unspecified atom stereocenters. The molecule has 0 saturated heterocycles. The van der Waals surface area contributed by atoms with Gasteiger partial charge in [-0.3, -0.25) is 0 Å². The summed E-state index contributed by atoms with van der Waals surface area (Å²) in [6.45, 7) is 6.46. The summed E-state index contributed by atoms with van der Waals surface area (Å²) in [5.41, 5.74) is 7.36. The van der Waals surface area contributed by atoms with Crippen molar-refractivity contribution in [2.45, 2.75) is 39.7 Å². The van der Waals surface area contributed by atoms with E-state index in [1.807, 2.05) is 11.6 Å². The molecule has 1 aliphatic rings. The van der Waals surface area contributed by atoms with Crippen LogP contribution in [-0.2, 0) is 0 Å². The van der Waals surface area contributed by atoms with Crippen LogP contribution >= 0.6 is 15.9 Å². The normalized spacial score (nSPS) is 20.9. The van der Waals surface area contributed by atoms with E-state index < -0.39 is 0 Å². The van der Waals surface area contributed by atoms with E-state index in [-0.39, 0.29) is 0 Å². The van der Waals surface area contributed by atoms with E-state index in [0.717, 1.165) is 16.0 Å². The Morgan fingerprint density at radius 1 is 1.57 bits per heavy atom. The van der Waals surface area contributed by atoms with E-state index in [9.17, 15) is 0 Å². The monoisotopic (exact) mass is 257 g/mol. The molecular formula is C10H16BrN3. The number of nitrogens with zero attached hydrogens (tertiary/aromatic N) is 2. The van der Waals surface area contributed by atoms with Gasteiger partial charge in [-0.25, -0.2) is 4.68 Å². The molecule has 2 rings (SSSR count). The Morgan fingerprint density at radius 2 is 2.14 bits per heavy atom. The van der Waals surface area contributed by atoms with Crippen molar-refractivity contribution in [3.8, 4) is 0 Å². The Bertz CT molecular complexity index is 366. The summed E-state index contributed by atoms with van der Waals surface area (Å²) in [4.78, 5) is 0. The minimum Gasteiger partial charge on any atom is -0.383 e. The molecule has 0 radical (unpaired) electrons. The van der Waals surface area contributed by atoms with E-state index in [1.54, 1.807) is 0 Å². The predicted molar refractivity (Wildman–Crippen MR) is 61.1 cm³/mol. The lowest BCUT2D eigenvalue weighted by Gasteiger charge is -2.20. The van der Waals surface area contributed by atoms with Crippen molar-refractivity contribution >= 4 is 21.7 Å². The first-order valence-corrected chi connectivity index (χ1v) is 5.75. The SMILES string of the molecule is Cc1nn(C(C)C2(C)CC2)c(N)c1Br. The van der Waals surface area contributed by atoms with Gasteiger partial charge in [0.05, 0.1) is 16.2 Å². The zero-order valence-corrected chi connectivity index (χ0v) is 10.4. The summed E-state index contributed by atoms with van der Waals surface area (Å²) >= 11 is 3.45. The molecule has 1 aromatic heterocycles. The predicted octanol–water partition coefficient (Wildman–Crippen LogP) is 2.90. The summed E-state index contributed by atoms with van der Waals surface area (Å²) in [6.07, 6.45) is 2.56. The second-order valence-electron chi connectivity index (χ2n) is 4.56. The van der Waals surface area contributed by atoms with Crippen LogP contribution in [0, 0.1) is 12.3 Å². The van der Waals surface area contributed by atoms with Gasteiger partial charge in [0.25, 0.3) is 0 Å². The maximum Gasteiger partial charge on any atom is 0.136 e. The fraction of sp³-hybridized carbons (Fsp3) is 0.700. The van der Waals surface area contributed by atoms with Crippen LogP contribution in [0.3, 0.4) is 0 Å². The smallest absolute Gasteiger partial charge is 0.136 e. The quantitative estimate of drug-likeness (QED) is 0.886. The third-order valence-electron chi connectivity index (χ3n) is 3.46. The van der Waals surface area contributed by atoms with Crippen molar-refractivity contribution in [1.82, 2.24) is 9.78 Å². The molecule has 1 aromatic rings. The summed E-state index contributed by atoms with van der Waals surface area (Å²) in [7, 11) is 0. The Morgan fingerprint density at radius 3 is 2.50 bits per heavy atom. The molecule has 3 nitrogen and oxygen atoms in total. The van der Waals surface area contributed by atoms with Gasteiger partial charge in [0.2, 0.25) is 0 Å². The number of nitrogens with two attached hydrogens (primary N) is 1. The van der Waals surface area contributed by atoms with Gasteiger partial charge < -0.3 is 5.73 Å². The summed E-state index contributed by atoms with van der Waals surface area (Å²) < 4.78 is 2.89. The molecule has 1 heterocycles. The lowest BCUT2D eigenvalue weighted by Crippen LogP contribution is -2.18. The van der Waals surface area contributed by atoms with Gasteiger partial charge in [-0.05, 0) is 48.0 Å². The van der Waals surface area contributed by atoms with Crippen molar-refractivity contribution in [1.29, 1.82) is 0 Å². The molecule has 0 amide bonds. The average molecular weight is 258 g/mol. The van der Waals surface area contributed by atoms with Crippen LogP contribution in [-0.4, -0.2) is 9.78 Å². The van der Waals surface area contributed by atoms with Gasteiger partial charge in [0.1, 0.15) is 5.82 Å². The van der Waals surface area contributed by atoms with Crippen LogP contribution in [0.15, 0.2) is 4.47 Å². The van der Waals surface area contributed by atoms with Crippen molar-refractivity contribution in [3.05, 3.63) is 10.2 Å². The molecule has 2 N–H and O–H groups in total. The summed E-state index contributed by atoms with van der Waals surface area (Å²) in [5.74, 6) is 0.753. The second kappa shape index (κ2) is 2.99. The van der Waals surface area contributed by atoms with E-state index in [2.05, 4.69) is 34.9 Å². The third-order valence-corrected chi connectivity index (χ3v) is 4.44. The van der Waals surface area contributed by atoms with Gasteiger partial charge in [-0.15, -0.1) is 0 Å². The number of nitrogen functional groups attached to an aromatic ring is 1. The fourth-order valence-corrected chi connectivity index (χ4v) is 2.01. The van der Waals surface area contributed by atoms with Crippen LogP contribution in [0.2, 0.25) is 0 Å². The number of anilines is 1. The van der Waals surface area contributed by atoms with E-state index >= 15 is 0 Å². The Kier molecular flexibility index (Phi) is 2.14. The molecule has 14 heavy (non-hydrogen) atoms. The number of hydrogen-bond donors (Lipinski definition) is 1. The molecular weight excluding hydrogens is 242 g/mol. The Hall–Kier alpha value is -0.510. The molecule has 78 valence electrons. The fourth-order valence-electron chi connectivity index (χ4n) is 1.75. The summed E-state index contributed by atoms with van der Waals surface area (Å²) in [6, 6.07) is 0.396. The van der Waals surface area contributed by atoms with Gasteiger partial charge in [0, 0.05) is 0 Å². The van der Waals surface area contributed by atoms with Crippen LogP contribution in [0.5, 0.6) is 0 Å². The third kappa shape index (κ3) is 1.36. The molecule has 1 aliphatic carbocycles. The van der Waals surface area contributed by atoms with Gasteiger partial charge in [-0.1, -0.05) is 6.92 Å². The molecule has 0 spiro atoms. The van der Waals surface area contributed by atoms with E-state index in [1.165, 1.54) is 12.8 Å². The molecule has 0 aromatic carbocycles. The van der Waals surface area contributed by atoms with Gasteiger partial charge in [0.15, 0.2) is 0 Å². The van der Waals surface area contributed by atoms with Gasteiger partial charge >= 0.3 is 0 Å². The first kappa shape index (κ1) is 10.0. The topological polar surface area (TPSA) is 43.8 Å². The highest BCUT2D eigenvalue weighted by Crippen LogP contribution is 2.54. The lowest BCUT2D eigenvalue weighted by molar-refractivity contribution is 0.334. The van der Waals surface area contributed by atoms with Gasteiger partial charge in [-0.2, -0.15) is 5.10 Å². The zero-order chi connectivity index (χ0) is 10.5. The number of hydrogen-bond acceptors (Lipinski definition) is 2. The molecule has 1 atom stereocenters. The largest absolute Gasteiger partial charge is 0.383 e.